The molecule has 3 aromatic rings. The van der Waals surface area contributed by atoms with Crippen molar-refractivity contribution in [1.29, 1.82) is 5.26 Å². The number of rotatable bonds is 3. The van der Waals surface area contributed by atoms with Crippen molar-refractivity contribution in [1.82, 2.24) is 9.38 Å². The van der Waals surface area contributed by atoms with Gasteiger partial charge in [-0.1, -0.05) is 18.2 Å². The van der Waals surface area contributed by atoms with Crippen LogP contribution in [0.4, 0.5) is 0 Å². The van der Waals surface area contributed by atoms with Crippen molar-refractivity contribution in [2.45, 2.75) is 13.3 Å². The van der Waals surface area contributed by atoms with Gasteiger partial charge in [0.1, 0.15) is 23.2 Å². The van der Waals surface area contributed by atoms with E-state index < -0.39 is 0 Å². The minimum atomic E-state index is 0.603. The van der Waals surface area contributed by atoms with Crippen LogP contribution in [0, 0.1) is 18.3 Å². The number of benzene rings is 1. The van der Waals surface area contributed by atoms with Gasteiger partial charge < -0.3 is 4.74 Å². The molecule has 0 atom stereocenters. The fraction of sp³-hybridized carbons (Fsp3) is 0.176. The third-order valence-corrected chi connectivity index (χ3v) is 3.52. The van der Waals surface area contributed by atoms with Crippen LogP contribution in [0.5, 0.6) is 5.75 Å². The number of aryl methyl sites for hydroxylation is 1. The fourth-order valence-electron chi connectivity index (χ4n) is 2.52. The number of methoxy groups -OCH3 is 1. The van der Waals surface area contributed by atoms with Gasteiger partial charge in [-0.15, -0.1) is 0 Å². The van der Waals surface area contributed by atoms with Crippen LogP contribution in [0.25, 0.3) is 5.65 Å². The highest BCUT2D eigenvalue weighted by atomic mass is 16.5. The zero-order chi connectivity index (χ0) is 14.8. The lowest BCUT2D eigenvalue weighted by atomic mass is 10.1. The smallest absolute Gasteiger partial charge is 0.148 e. The number of hydrogen-bond acceptors (Lipinski definition) is 3. The summed E-state index contributed by atoms with van der Waals surface area (Å²) in [6.45, 7) is 1.98. The molecule has 2 heterocycles. The molecular weight excluding hydrogens is 262 g/mol. The zero-order valence-corrected chi connectivity index (χ0v) is 12.0. The molecule has 0 amide bonds. The summed E-state index contributed by atoms with van der Waals surface area (Å²) >= 11 is 0. The second kappa shape index (κ2) is 5.29. The third kappa shape index (κ3) is 2.34. The average molecular weight is 277 g/mol. The van der Waals surface area contributed by atoms with Crippen molar-refractivity contribution >= 4 is 5.65 Å². The Bertz CT molecular complexity index is 843. The van der Waals surface area contributed by atoms with Crippen molar-refractivity contribution in [2.75, 3.05) is 7.11 Å². The van der Waals surface area contributed by atoms with Gasteiger partial charge in [0.25, 0.3) is 0 Å². The zero-order valence-electron chi connectivity index (χ0n) is 12.0. The summed E-state index contributed by atoms with van der Waals surface area (Å²) < 4.78 is 7.13. The molecule has 1 aromatic carbocycles. The Labute approximate surface area is 123 Å². The number of aromatic nitrogens is 2. The monoisotopic (exact) mass is 277 g/mol. The summed E-state index contributed by atoms with van der Waals surface area (Å²) in [5, 5.41) is 9.47. The lowest BCUT2D eigenvalue weighted by Crippen LogP contribution is -1.96. The Morgan fingerprint density at radius 1 is 1.24 bits per heavy atom. The molecule has 0 unspecified atom stereocenters. The molecule has 0 bridgehead atoms. The van der Waals surface area contributed by atoms with E-state index in [0.717, 1.165) is 28.3 Å². The first kappa shape index (κ1) is 13.2. The van der Waals surface area contributed by atoms with Gasteiger partial charge in [0.05, 0.1) is 12.8 Å². The number of nitrogens with zero attached hydrogens (tertiary/aromatic N) is 3. The lowest BCUT2D eigenvalue weighted by molar-refractivity contribution is 0.414. The molecule has 0 fully saturated rings. The standard InChI is InChI=1S/C17H15N3O/c1-12-5-3-8-17-19-15(16(11-18)20(12)17)10-13-6-4-7-14(9-13)21-2/h3-9H,10H2,1-2H3. The fourth-order valence-corrected chi connectivity index (χ4v) is 2.52. The van der Waals surface area contributed by atoms with Crippen LogP contribution in [0.1, 0.15) is 22.6 Å². The number of hydrogen-bond donors (Lipinski definition) is 0. The molecule has 21 heavy (non-hydrogen) atoms. The van der Waals surface area contributed by atoms with E-state index in [1.807, 2.05) is 53.8 Å². The van der Waals surface area contributed by atoms with Crippen molar-refractivity contribution in [3.63, 3.8) is 0 Å². The summed E-state index contributed by atoms with van der Waals surface area (Å²) in [5.74, 6) is 0.811. The summed E-state index contributed by atoms with van der Waals surface area (Å²) in [6.07, 6.45) is 0.612. The molecule has 0 aliphatic carbocycles. The largest absolute Gasteiger partial charge is 0.497 e. The second-order valence-electron chi connectivity index (χ2n) is 4.91. The Morgan fingerprint density at radius 2 is 2.05 bits per heavy atom. The molecule has 0 radical (unpaired) electrons. The van der Waals surface area contributed by atoms with Crippen molar-refractivity contribution in [2.24, 2.45) is 0 Å². The van der Waals surface area contributed by atoms with Gasteiger partial charge in [-0.25, -0.2) is 4.98 Å². The van der Waals surface area contributed by atoms with E-state index in [-0.39, 0.29) is 0 Å². The first-order valence-electron chi connectivity index (χ1n) is 6.73. The molecule has 104 valence electrons. The Hall–Kier alpha value is -2.80. The van der Waals surface area contributed by atoms with E-state index in [9.17, 15) is 5.26 Å². The minimum Gasteiger partial charge on any atom is -0.497 e. The molecule has 0 aliphatic rings. The van der Waals surface area contributed by atoms with E-state index in [1.54, 1.807) is 7.11 Å². The third-order valence-electron chi connectivity index (χ3n) is 3.52. The van der Waals surface area contributed by atoms with Gasteiger partial charge >= 0.3 is 0 Å². The van der Waals surface area contributed by atoms with Crippen molar-refractivity contribution in [3.8, 4) is 11.8 Å². The van der Waals surface area contributed by atoms with E-state index in [0.29, 0.717) is 12.1 Å². The molecule has 4 heteroatoms. The SMILES string of the molecule is COc1cccc(Cc2nc3cccc(C)n3c2C#N)c1. The average Bonchev–Trinajstić information content (AvgIpc) is 2.86. The minimum absolute atomic E-state index is 0.603. The number of imidazole rings is 1. The number of ether oxygens (including phenoxy) is 1. The van der Waals surface area contributed by atoms with Crippen LogP contribution in [0.3, 0.4) is 0 Å². The summed E-state index contributed by atoms with van der Waals surface area (Å²) in [6, 6.07) is 16.0. The second-order valence-corrected chi connectivity index (χ2v) is 4.91. The topological polar surface area (TPSA) is 50.3 Å². The molecule has 0 aliphatic heterocycles. The van der Waals surface area contributed by atoms with Crippen molar-refractivity contribution in [3.05, 3.63) is 65.1 Å². The summed E-state index contributed by atoms with van der Waals surface area (Å²) in [5.41, 5.74) is 4.29. The van der Waals surface area contributed by atoms with Crippen LogP contribution in [0.15, 0.2) is 42.5 Å². The first-order chi connectivity index (χ1) is 10.2. The van der Waals surface area contributed by atoms with Gasteiger partial charge in [0, 0.05) is 12.1 Å². The highest BCUT2D eigenvalue weighted by Crippen LogP contribution is 2.20. The molecule has 0 spiro atoms. The van der Waals surface area contributed by atoms with Gasteiger partial charge in [0.2, 0.25) is 0 Å². The number of pyridine rings is 1. The molecule has 0 saturated heterocycles. The highest BCUT2D eigenvalue weighted by Gasteiger charge is 2.13. The predicted octanol–water partition coefficient (Wildman–Crippen LogP) is 3.11. The number of nitriles is 1. The maximum Gasteiger partial charge on any atom is 0.148 e. The van der Waals surface area contributed by atoms with E-state index >= 15 is 0 Å². The van der Waals surface area contributed by atoms with Crippen LogP contribution in [-0.4, -0.2) is 16.5 Å². The quantitative estimate of drug-likeness (QED) is 0.739. The van der Waals surface area contributed by atoms with Crippen molar-refractivity contribution < 1.29 is 4.74 Å². The Kier molecular flexibility index (Phi) is 3.33. The van der Waals surface area contributed by atoms with E-state index in [2.05, 4.69) is 11.1 Å². The number of fused-ring (bicyclic) bond motifs is 1. The van der Waals surface area contributed by atoms with Crippen LogP contribution >= 0.6 is 0 Å². The first-order valence-corrected chi connectivity index (χ1v) is 6.73. The van der Waals surface area contributed by atoms with Gasteiger partial charge in [-0.05, 0) is 36.8 Å². The Morgan fingerprint density at radius 3 is 2.81 bits per heavy atom. The summed E-state index contributed by atoms with van der Waals surface area (Å²) in [7, 11) is 1.65. The van der Waals surface area contributed by atoms with Crippen LogP contribution in [-0.2, 0) is 6.42 Å². The lowest BCUT2D eigenvalue weighted by Gasteiger charge is -2.03. The highest BCUT2D eigenvalue weighted by molar-refractivity contribution is 5.50. The van der Waals surface area contributed by atoms with Crippen LogP contribution < -0.4 is 4.74 Å². The molecular formula is C17H15N3O. The maximum atomic E-state index is 9.47. The van der Waals surface area contributed by atoms with Gasteiger partial charge in [-0.2, -0.15) is 5.26 Å². The normalized spacial score (nSPS) is 10.5. The Balaban J connectivity index is 2.08. The molecule has 2 aromatic heterocycles. The van der Waals surface area contributed by atoms with Gasteiger partial charge in [-0.3, -0.25) is 4.40 Å². The van der Waals surface area contributed by atoms with E-state index in [4.69, 9.17) is 4.74 Å². The maximum absolute atomic E-state index is 9.47. The van der Waals surface area contributed by atoms with Crippen LogP contribution in [0.2, 0.25) is 0 Å². The molecule has 0 N–H and O–H groups in total. The van der Waals surface area contributed by atoms with E-state index in [1.165, 1.54) is 0 Å². The molecule has 4 nitrogen and oxygen atoms in total. The summed E-state index contributed by atoms with van der Waals surface area (Å²) in [4.78, 5) is 4.59. The molecule has 3 rings (SSSR count). The molecule has 0 saturated carbocycles. The predicted molar refractivity (Wildman–Crippen MR) is 80.4 cm³/mol. The van der Waals surface area contributed by atoms with Gasteiger partial charge in [0.15, 0.2) is 0 Å².